The quantitative estimate of drug-likeness (QED) is 0.712. The van der Waals surface area contributed by atoms with Crippen LogP contribution in [0.4, 0.5) is 5.82 Å². The van der Waals surface area contributed by atoms with E-state index in [1.807, 2.05) is 12.3 Å². The van der Waals surface area contributed by atoms with E-state index in [9.17, 15) is 0 Å². The molecule has 0 atom stereocenters. The lowest BCUT2D eigenvalue weighted by Gasteiger charge is -2.24. The van der Waals surface area contributed by atoms with Crippen molar-refractivity contribution in [1.82, 2.24) is 20.3 Å². The van der Waals surface area contributed by atoms with Gasteiger partial charge in [0.2, 0.25) is 5.28 Å². The fraction of sp³-hybridized carbons (Fsp3) is 0.455. The second kappa shape index (κ2) is 4.50. The largest absolute Gasteiger partial charge is 0.367 e. The molecule has 1 fully saturated rings. The van der Waals surface area contributed by atoms with E-state index in [0.29, 0.717) is 6.04 Å². The molecule has 6 heteroatoms. The van der Waals surface area contributed by atoms with Gasteiger partial charge in [0.1, 0.15) is 11.5 Å². The molecule has 2 aromatic rings. The highest BCUT2D eigenvalue weighted by Crippen LogP contribution is 2.22. The third-order valence-corrected chi connectivity index (χ3v) is 3.24. The van der Waals surface area contributed by atoms with Crippen LogP contribution in [0, 0.1) is 0 Å². The van der Waals surface area contributed by atoms with Crippen molar-refractivity contribution in [2.75, 3.05) is 18.4 Å². The van der Waals surface area contributed by atoms with Gasteiger partial charge in [-0.2, -0.15) is 4.98 Å². The summed E-state index contributed by atoms with van der Waals surface area (Å²) in [7, 11) is 0. The Labute approximate surface area is 104 Å². The van der Waals surface area contributed by atoms with Crippen molar-refractivity contribution in [2.24, 2.45) is 0 Å². The molecule has 3 rings (SSSR count). The molecule has 0 saturated carbocycles. The van der Waals surface area contributed by atoms with Gasteiger partial charge >= 0.3 is 0 Å². The van der Waals surface area contributed by atoms with Gasteiger partial charge in [0.15, 0.2) is 0 Å². The van der Waals surface area contributed by atoms with E-state index in [1.54, 1.807) is 0 Å². The summed E-state index contributed by atoms with van der Waals surface area (Å²) in [5, 5.41) is 8.06. The fourth-order valence-electron chi connectivity index (χ4n) is 2.18. The Morgan fingerprint density at radius 1 is 1.29 bits per heavy atom. The van der Waals surface area contributed by atoms with Crippen LogP contribution in [0.5, 0.6) is 0 Å². The van der Waals surface area contributed by atoms with Crippen molar-refractivity contribution < 1.29 is 0 Å². The molecular weight excluding hydrogens is 238 g/mol. The average molecular weight is 252 g/mol. The van der Waals surface area contributed by atoms with Crippen LogP contribution in [0.25, 0.3) is 11.0 Å². The maximum Gasteiger partial charge on any atom is 0.226 e. The van der Waals surface area contributed by atoms with Gasteiger partial charge in [-0.05, 0) is 43.6 Å². The highest BCUT2D eigenvalue weighted by atomic mass is 35.5. The summed E-state index contributed by atoms with van der Waals surface area (Å²) in [6.45, 7) is 2.10. The van der Waals surface area contributed by atoms with Crippen molar-refractivity contribution in [3.8, 4) is 0 Å². The van der Waals surface area contributed by atoms with Crippen LogP contribution in [0.2, 0.25) is 5.28 Å². The van der Waals surface area contributed by atoms with Gasteiger partial charge in [-0.25, -0.2) is 4.98 Å². The molecule has 2 aromatic heterocycles. The lowest BCUT2D eigenvalue weighted by atomic mass is 10.1. The molecule has 3 heterocycles. The first-order valence-corrected chi connectivity index (χ1v) is 6.18. The van der Waals surface area contributed by atoms with Crippen LogP contribution in [-0.4, -0.2) is 34.1 Å². The Bertz CT molecular complexity index is 518. The van der Waals surface area contributed by atoms with Gasteiger partial charge in [-0.3, -0.25) is 0 Å². The Morgan fingerprint density at radius 2 is 2.12 bits per heavy atom. The number of hydrogen-bond donors (Lipinski definition) is 3. The van der Waals surface area contributed by atoms with Crippen molar-refractivity contribution in [2.45, 2.75) is 18.9 Å². The second-order valence-electron chi connectivity index (χ2n) is 4.25. The molecule has 0 bridgehead atoms. The van der Waals surface area contributed by atoms with E-state index in [4.69, 9.17) is 11.6 Å². The minimum Gasteiger partial charge on any atom is -0.367 e. The molecule has 0 unspecified atom stereocenters. The zero-order valence-electron chi connectivity index (χ0n) is 9.33. The third-order valence-electron chi connectivity index (χ3n) is 3.07. The number of aromatic nitrogens is 3. The molecule has 3 N–H and O–H groups in total. The van der Waals surface area contributed by atoms with Crippen LogP contribution >= 0.6 is 11.6 Å². The van der Waals surface area contributed by atoms with Crippen LogP contribution in [-0.2, 0) is 0 Å². The lowest BCUT2D eigenvalue weighted by molar-refractivity contribution is 0.478. The van der Waals surface area contributed by atoms with Crippen molar-refractivity contribution in [3.05, 3.63) is 17.5 Å². The van der Waals surface area contributed by atoms with E-state index in [1.165, 1.54) is 0 Å². The summed E-state index contributed by atoms with van der Waals surface area (Å²) in [6, 6.07) is 2.43. The number of halogens is 1. The predicted molar refractivity (Wildman–Crippen MR) is 68.4 cm³/mol. The maximum atomic E-state index is 5.90. The van der Waals surface area contributed by atoms with E-state index >= 15 is 0 Å². The smallest absolute Gasteiger partial charge is 0.226 e. The molecule has 1 saturated heterocycles. The standard InChI is InChI=1S/C11H14ClN5/c12-11-16-9-8(3-6-14-9)10(17-11)15-7-1-4-13-5-2-7/h3,6-7,13H,1-2,4-5H2,(H2,14,15,16,17). The first kappa shape index (κ1) is 10.8. The predicted octanol–water partition coefficient (Wildman–Crippen LogP) is 1.78. The average Bonchev–Trinajstić information content (AvgIpc) is 2.78. The Balaban J connectivity index is 1.90. The first-order valence-electron chi connectivity index (χ1n) is 5.81. The van der Waals surface area contributed by atoms with Gasteiger partial charge in [0, 0.05) is 12.2 Å². The number of H-pyrrole nitrogens is 1. The van der Waals surface area contributed by atoms with Gasteiger partial charge in [0.25, 0.3) is 0 Å². The Kier molecular flexibility index (Phi) is 2.86. The molecule has 90 valence electrons. The molecule has 0 aliphatic carbocycles. The first-order chi connectivity index (χ1) is 8.33. The highest BCUT2D eigenvalue weighted by Gasteiger charge is 2.15. The Hall–Kier alpha value is -1.33. The SMILES string of the molecule is Clc1nc(NC2CCNCC2)c2cc[nH]c2n1. The maximum absolute atomic E-state index is 5.90. The van der Waals surface area contributed by atoms with Gasteiger partial charge in [-0.1, -0.05) is 0 Å². The molecule has 0 amide bonds. The minimum absolute atomic E-state index is 0.274. The molecule has 0 radical (unpaired) electrons. The number of anilines is 1. The molecular formula is C11H14ClN5. The molecule has 5 nitrogen and oxygen atoms in total. The van der Waals surface area contributed by atoms with E-state index in [2.05, 4.69) is 25.6 Å². The van der Waals surface area contributed by atoms with E-state index < -0.39 is 0 Å². The summed E-state index contributed by atoms with van der Waals surface area (Å²) in [5.41, 5.74) is 0.779. The zero-order valence-corrected chi connectivity index (χ0v) is 10.1. The van der Waals surface area contributed by atoms with Gasteiger partial charge in [-0.15, -0.1) is 0 Å². The fourth-order valence-corrected chi connectivity index (χ4v) is 2.35. The minimum atomic E-state index is 0.274. The Morgan fingerprint density at radius 3 is 2.94 bits per heavy atom. The summed E-state index contributed by atoms with van der Waals surface area (Å²) in [5.74, 6) is 0.827. The normalized spacial score (nSPS) is 17.5. The number of nitrogens with zero attached hydrogens (tertiary/aromatic N) is 2. The number of rotatable bonds is 2. The highest BCUT2D eigenvalue weighted by molar-refractivity contribution is 6.28. The van der Waals surface area contributed by atoms with Crippen molar-refractivity contribution in [1.29, 1.82) is 0 Å². The third kappa shape index (κ3) is 2.21. The summed E-state index contributed by atoms with van der Waals surface area (Å²) < 4.78 is 0. The van der Waals surface area contributed by atoms with Gasteiger partial charge < -0.3 is 15.6 Å². The van der Waals surface area contributed by atoms with Crippen LogP contribution in [0.3, 0.4) is 0 Å². The molecule has 0 aromatic carbocycles. The monoisotopic (exact) mass is 251 g/mol. The van der Waals surface area contributed by atoms with Crippen LogP contribution in [0.15, 0.2) is 12.3 Å². The lowest BCUT2D eigenvalue weighted by Crippen LogP contribution is -2.35. The zero-order chi connectivity index (χ0) is 11.7. The second-order valence-corrected chi connectivity index (χ2v) is 4.59. The van der Waals surface area contributed by atoms with E-state index in [-0.39, 0.29) is 5.28 Å². The van der Waals surface area contributed by atoms with Crippen LogP contribution in [0.1, 0.15) is 12.8 Å². The summed E-state index contributed by atoms with van der Waals surface area (Å²) in [4.78, 5) is 11.5. The summed E-state index contributed by atoms with van der Waals surface area (Å²) >= 11 is 5.90. The number of hydrogen-bond acceptors (Lipinski definition) is 4. The topological polar surface area (TPSA) is 65.6 Å². The number of piperidine rings is 1. The molecule has 1 aliphatic heterocycles. The number of aromatic amines is 1. The van der Waals surface area contributed by atoms with Crippen LogP contribution < -0.4 is 10.6 Å². The molecule has 0 spiro atoms. The molecule has 17 heavy (non-hydrogen) atoms. The van der Waals surface area contributed by atoms with Crippen molar-refractivity contribution >= 4 is 28.5 Å². The molecule has 1 aliphatic rings. The van der Waals surface area contributed by atoms with Crippen molar-refractivity contribution in [3.63, 3.8) is 0 Å². The van der Waals surface area contributed by atoms with E-state index in [0.717, 1.165) is 42.8 Å². The summed E-state index contributed by atoms with van der Waals surface area (Å²) in [6.07, 6.45) is 4.06. The number of fused-ring (bicyclic) bond motifs is 1. The van der Waals surface area contributed by atoms with Gasteiger partial charge in [0.05, 0.1) is 5.39 Å². The number of nitrogens with one attached hydrogen (secondary N) is 3.